The number of hydrogen-bond acceptors (Lipinski definition) is 2. The van der Waals surface area contributed by atoms with Gasteiger partial charge in [0.15, 0.2) is 6.29 Å². The fourth-order valence-corrected chi connectivity index (χ4v) is 1.70. The minimum atomic E-state index is 0.540. The summed E-state index contributed by atoms with van der Waals surface area (Å²) in [7, 11) is 0. The van der Waals surface area contributed by atoms with Crippen molar-refractivity contribution in [1.82, 2.24) is 0 Å². The minimum absolute atomic E-state index is 0.540. The number of furan rings is 1. The molecule has 2 nitrogen and oxygen atoms in total. The van der Waals surface area contributed by atoms with Crippen LogP contribution in [0.5, 0.6) is 0 Å². The molecule has 2 aromatic rings. The van der Waals surface area contributed by atoms with Crippen LogP contribution in [0.4, 0.5) is 0 Å². The predicted molar refractivity (Wildman–Crippen MR) is 62.2 cm³/mol. The summed E-state index contributed by atoms with van der Waals surface area (Å²) in [4.78, 5) is 10.9. The average Bonchev–Trinajstić information content (AvgIpc) is 2.81. The quantitative estimate of drug-likeness (QED) is 0.563. The first-order chi connectivity index (χ1) is 7.76. The van der Waals surface area contributed by atoms with Crippen LogP contribution in [-0.4, -0.2) is 6.29 Å². The van der Waals surface area contributed by atoms with Gasteiger partial charge in [-0.15, -0.1) is 6.42 Å². The van der Waals surface area contributed by atoms with Crippen LogP contribution in [0.2, 0.25) is 0 Å². The summed E-state index contributed by atoms with van der Waals surface area (Å²) in [5, 5.41) is 0. The number of carbonyl (C=O) groups is 1. The molecule has 0 aliphatic carbocycles. The SMILES string of the molecule is C#Cc1c(C)cc(-c2ccoc2)cc1C=O. The van der Waals surface area contributed by atoms with Gasteiger partial charge >= 0.3 is 0 Å². The van der Waals surface area contributed by atoms with Crippen LogP contribution in [0.3, 0.4) is 0 Å². The van der Waals surface area contributed by atoms with E-state index in [1.165, 1.54) is 0 Å². The van der Waals surface area contributed by atoms with Crippen LogP contribution in [0.1, 0.15) is 21.5 Å². The maximum atomic E-state index is 10.9. The van der Waals surface area contributed by atoms with E-state index in [4.69, 9.17) is 10.8 Å². The molecule has 1 heterocycles. The van der Waals surface area contributed by atoms with Crippen molar-refractivity contribution in [3.05, 3.63) is 47.4 Å². The molecule has 0 aliphatic heterocycles. The van der Waals surface area contributed by atoms with E-state index in [1.807, 2.05) is 19.1 Å². The molecule has 16 heavy (non-hydrogen) atoms. The van der Waals surface area contributed by atoms with Gasteiger partial charge in [-0.2, -0.15) is 0 Å². The lowest BCUT2D eigenvalue weighted by Crippen LogP contribution is -1.92. The normalized spacial score (nSPS) is 9.75. The van der Waals surface area contributed by atoms with Crippen molar-refractivity contribution in [3.63, 3.8) is 0 Å². The molecule has 2 heteroatoms. The lowest BCUT2D eigenvalue weighted by atomic mass is 9.97. The van der Waals surface area contributed by atoms with E-state index in [2.05, 4.69) is 5.92 Å². The van der Waals surface area contributed by atoms with E-state index in [0.717, 1.165) is 23.0 Å². The molecule has 0 bridgehead atoms. The van der Waals surface area contributed by atoms with Crippen molar-refractivity contribution >= 4 is 6.29 Å². The first-order valence-electron chi connectivity index (χ1n) is 4.85. The third-order valence-electron chi connectivity index (χ3n) is 2.49. The standard InChI is InChI=1S/C14H10O2/c1-3-14-10(2)6-12(7-13(14)8-15)11-4-5-16-9-11/h1,4-9H,2H3. The van der Waals surface area contributed by atoms with E-state index < -0.39 is 0 Å². The smallest absolute Gasteiger partial charge is 0.151 e. The zero-order valence-corrected chi connectivity index (χ0v) is 8.86. The molecule has 0 spiro atoms. The van der Waals surface area contributed by atoms with Crippen LogP contribution in [0.25, 0.3) is 11.1 Å². The van der Waals surface area contributed by atoms with Crippen LogP contribution in [-0.2, 0) is 0 Å². The number of aryl methyl sites for hydroxylation is 1. The maximum absolute atomic E-state index is 10.9. The van der Waals surface area contributed by atoms with Gasteiger partial charge in [0.1, 0.15) is 0 Å². The van der Waals surface area contributed by atoms with Gasteiger partial charge in [-0.3, -0.25) is 4.79 Å². The Morgan fingerprint density at radius 2 is 2.19 bits per heavy atom. The van der Waals surface area contributed by atoms with Crippen LogP contribution in [0, 0.1) is 19.3 Å². The molecule has 0 aliphatic rings. The predicted octanol–water partition coefficient (Wildman–Crippen LogP) is 3.05. The van der Waals surface area contributed by atoms with Gasteiger partial charge in [-0.05, 0) is 30.2 Å². The molecule has 1 aromatic carbocycles. The summed E-state index contributed by atoms with van der Waals surface area (Å²) in [5.74, 6) is 2.53. The molecular weight excluding hydrogens is 200 g/mol. The van der Waals surface area contributed by atoms with Crippen molar-refractivity contribution in [1.29, 1.82) is 0 Å². The molecule has 0 amide bonds. The van der Waals surface area contributed by atoms with Crippen LogP contribution in [0.15, 0.2) is 35.1 Å². The van der Waals surface area contributed by atoms with Crippen molar-refractivity contribution in [2.45, 2.75) is 6.92 Å². The van der Waals surface area contributed by atoms with E-state index in [0.29, 0.717) is 11.1 Å². The Labute approximate surface area is 93.9 Å². The molecule has 0 N–H and O–H groups in total. The monoisotopic (exact) mass is 210 g/mol. The zero-order valence-electron chi connectivity index (χ0n) is 8.86. The third kappa shape index (κ3) is 1.64. The number of carbonyl (C=O) groups excluding carboxylic acids is 1. The molecule has 0 fully saturated rings. The van der Waals surface area contributed by atoms with E-state index in [-0.39, 0.29) is 0 Å². The van der Waals surface area contributed by atoms with Crippen molar-refractivity contribution in [2.75, 3.05) is 0 Å². The molecule has 1 aromatic heterocycles. The molecule has 0 atom stereocenters. The Hall–Kier alpha value is -2.27. The van der Waals surface area contributed by atoms with Crippen molar-refractivity contribution < 1.29 is 9.21 Å². The second-order valence-corrected chi connectivity index (χ2v) is 3.53. The fraction of sp³-hybridized carbons (Fsp3) is 0.0714. The first-order valence-corrected chi connectivity index (χ1v) is 4.85. The van der Waals surface area contributed by atoms with Crippen molar-refractivity contribution in [2.24, 2.45) is 0 Å². The van der Waals surface area contributed by atoms with Gasteiger partial charge in [-0.25, -0.2) is 0 Å². The van der Waals surface area contributed by atoms with Crippen molar-refractivity contribution in [3.8, 4) is 23.5 Å². The zero-order chi connectivity index (χ0) is 11.5. The van der Waals surface area contributed by atoms with Crippen LogP contribution >= 0.6 is 0 Å². The summed E-state index contributed by atoms with van der Waals surface area (Å²) in [6.45, 7) is 1.89. The van der Waals surface area contributed by atoms with Gasteiger partial charge < -0.3 is 4.42 Å². The molecule has 0 saturated carbocycles. The summed E-state index contributed by atoms with van der Waals surface area (Å²) in [5.41, 5.74) is 3.99. The Morgan fingerprint density at radius 1 is 1.38 bits per heavy atom. The minimum Gasteiger partial charge on any atom is -0.472 e. The fourth-order valence-electron chi connectivity index (χ4n) is 1.70. The lowest BCUT2D eigenvalue weighted by Gasteiger charge is -2.05. The van der Waals surface area contributed by atoms with Gasteiger partial charge in [0.05, 0.1) is 12.5 Å². The van der Waals surface area contributed by atoms with E-state index in [9.17, 15) is 4.79 Å². The molecular formula is C14H10O2. The Morgan fingerprint density at radius 3 is 2.75 bits per heavy atom. The third-order valence-corrected chi connectivity index (χ3v) is 2.49. The van der Waals surface area contributed by atoms with E-state index >= 15 is 0 Å². The maximum Gasteiger partial charge on any atom is 0.151 e. The second kappa shape index (κ2) is 4.08. The lowest BCUT2D eigenvalue weighted by molar-refractivity contribution is 0.112. The highest BCUT2D eigenvalue weighted by Gasteiger charge is 2.07. The molecule has 78 valence electrons. The highest BCUT2D eigenvalue weighted by atomic mass is 16.3. The highest BCUT2D eigenvalue weighted by molar-refractivity contribution is 5.84. The number of hydrogen-bond donors (Lipinski definition) is 0. The summed E-state index contributed by atoms with van der Waals surface area (Å²) < 4.78 is 5.01. The van der Waals surface area contributed by atoms with Crippen LogP contribution < -0.4 is 0 Å². The van der Waals surface area contributed by atoms with Gasteiger partial charge in [0, 0.05) is 16.7 Å². The van der Waals surface area contributed by atoms with Gasteiger partial charge in [0.25, 0.3) is 0 Å². The molecule has 0 radical (unpaired) electrons. The second-order valence-electron chi connectivity index (χ2n) is 3.53. The summed E-state index contributed by atoms with van der Waals surface area (Å²) >= 11 is 0. The largest absolute Gasteiger partial charge is 0.472 e. The summed E-state index contributed by atoms with van der Waals surface area (Å²) in [6, 6.07) is 5.58. The van der Waals surface area contributed by atoms with Gasteiger partial charge in [0.2, 0.25) is 0 Å². The first kappa shape index (κ1) is 10.3. The number of benzene rings is 1. The average molecular weight is 210 g/mol. The van der Waals surface area contributed by atoms with Gasteiger partial charge in [-0.1, -0.05) is 12.0 Å². The Bertz CT molecular complexity index is 557. The number of terminal acetylenes is 1. The summed E-state index contributed by atoms with van der Waals surface area (Å²) in [6.07, 6.45) is 9.39. The molecule has 0 unspecified atom stereocenters. The van der Waals surface area contributed by atoms with E-state index in [1.54, 1.807) is 18.6 Å². The number of rotatable bonds is 2. The molecule has 0 saturated heterocycles. The number of aldehydes is 1. The Balaban J connectivity index is 2.64. The highest BCUT2D eigenvalue weighted by Crippen LogP contribution is 2.24. The molecule has 2 rings (SSSR count). The Kier molecular flexibility index (Phi) is 2.61. The topological polar surface area (TPSA) is 30.2 Å².